The molecule has 7 heteroatoms. The third-order valence-corrected chi connectivity index (χ3v) is 7.59. The highest BCUT2D eigenvalue weighted by atomic mass is 79.9. The molecule has 0 fully saturated rings. The summed E-state index contributed by atoms with van der Waals surface area (Å²) in [6, 6.07) is 11.1. The van der Waals surface area contributed by atoms with Gasteiger partial charge in [0.2, 0.25) is 0 Å². The number of fused-ring (bicyclic) bond motifs is 3. The van der Waals surface area contributed by atoms with E-state index in [1.165, 1.54) is 28.2 Å². The van der Waals surface area contributed by atoms with E-state index in [1.54, 1.807) is 0 Å². The van der Waals surface area contributed by atoms with Gasteiger partial charge in [-0.15, -0.1) is 0 Å². The van der Waals surface area contributed by atoms with Gasteiger partial charge in [0.05, 0.1) is 10.4 Å². The Hall–Kier alpha value is -1.70. The maximum Gasteiger partial charge on any atom is 0.268 e. The molecule has 142 valence electrons. The average Bonchev–Trinajstić information content (AvgIpc) is 2.95. The summed E-state index contributed by atoms with van der Waals surface area (Å²) in [4.78, 5) is 2.29. The molecule has 0 N–H and O–H groups in total. The second kappa shape index (κ2) is 6.72. The van der Waals surface area contributed by atoms with Crippen LogP contribution in [0, 0.1) is 5.82 Å². The lowest BCUT2D eigenvalue weighted by Crippen LogP contribution is -2.34. The van der Waals surface area contributed by atoms with Crippen LogP contribution in [-0.2, 0) is 22.9 Å². The molecule has 27 heavy (non-hydrogen) atoms. The highest BCUT2D eigenvalue weighted by Gasteiger charge is 2.31. The van der Waals surface area contributed by atoms with Crippen molar-refractivity contribution in [2.75, 3.05) is 14.1 Å². The minimum Gasteiger partial charge on any atom is -0.306 e. The van der Waals surface area contributed by atoms with E-state index in [-0.39, 0.29) is 4.90 Å². The average molecular weight is 451 g/mol. The number of likely N-dealkylation sites (N-methyl/N-ethyl adjacent to an activating group) is 1. The first-order chi connectivity index (χ1) is 12.8. The molecule has 1 aromatic heterocycles. The van der Waals surface area contributed by atoms with E-state index in [4.69, 9.17) is 0 Å². The topological polar surface area (TPSA) is 42.3 Å². The van der Waals surface area contributed by atoms with E-state index >= 15 is 0 Å². The Morgan fingerprint density at radius 1 is 1.15 bits per heavy atom. The van der Waals surface area contributed by atoms with E-state index in [0.29, 0.717) is 18.0 Å². The molecule has 1 atom stereocenters. The summed E-state index contributed by atoms with van der Waals surface area (Å²) in [7, 11) is 0.301. The minimum absolute atomic E-state index is 0.0984. The molecule has 3 aromatic rings. The zero-order valence-electron chi connectivity index (χ0n) is 15.1. The molecule has 1 unspecified atom stereocenters. The molecular formula is C20H20BrFN2O2S. The van der Waals surface area contributed by atoms with Crippen molar-refractivity contribution >= 4 is 36.9 Å². The predicted molar refractivity (Wildman–Crippen MR) is 108 cm³/mol. The maximum atomic E-state index is 13.4. The highest BCUT2D eigenvalue weighted by Crippen LogP contribution is 2.37. The summed E-state index contributed by atoms with van der Waals surface area (Å²) in [5.41, 5.74) is 2.60. The standard InChI is InChI=1S/C20H20BrFN2O2S/c1-23(2)15-6-10-20-18(12-15)17-11-13(21)3-9-19(17)24(20)27(25,26)16-7-4-14(22)5-8-16/h3-5,7-9,11,15H,6,10,12H2,1-2H3. The highest BCUT2D eigenvalue weighted by molar-refractivity contribution is 9.10. The van der Waals surface area contributed by atoms with Gasteiger partial charge >= 0.3 is 0 Å². The fourth-order valence-corrected chi connectivity index (χ4v) is 5.86. The van der Waals surface area contributed by atoms with Crippen LogP contribution in [-0.4, -0.2) is 37.4 Å². The summed E-state index contributed by atoms with van der Waals surface area (Å²) < 4.78 is 42.5. The molecule has 0 saturated carbocycles. The molecule has 0 radical (unpaired) electrons. The van der Waals surface area contributed by atoms with Crippen molar-refractivity contribution in [3.8, 4) is 0 Å². The van der Waals surface area contributed by atoms with E-state index in [2.05, 4.69) is 34.9 Å². The first-order valence-electron chi connectivity index (χ1n) is 8.78. The van der Waals surface area contributed by atoms with Gasteiger partial charge in [0, 0.05) is 21.6 Å². The largest absolute Gasteiger partial charge is 0.306 e. The van der Waals surface area contributed by atoms with Crippen LogP contribution in [0.4, 0.5) is 4.39 Å². The molecule has 0 aliphatic heterocycles. The number of aromatic nitrogens is 1. The SMILES string of the molecule is CN(C)C1CCc2c(c3cc(Br)ccc3n2S(=O)(=O)c2ccc(F)cc2)C1. The first kappa shape index (κ1) is 18.7. The third-order valence-electron chi connectivity index (χ3n) is 5.33. The van der Waals surface area contributed by atoms with E-state index < -0.39 is 15.8 Å². The molecule has 1 aliphatic carbocycles. The van der Waals surface area contributed by atoms with Gasteiger partial charge in [-0.1, -0.05) is 15.9 Å². The fraction of sp³-hybridized carbons (Fsp3) is 0.300. The van der Waals surface area contributed by atoms with Gasteiger partial charge in [-0.25, -0.2) is 16.8 Å². The molecule has 0 spiro atoms. The fourth-order valence-electron chi connectivity index (χ4n) is 3.90. The van der Waals surface area contributed by atoms with Crippen molar-refractivity contribution in [3.05, 3.63) is 64.0 Å². The van der Waals surface area contributed by atoms with E-state index in [9.17, 15) is 12.8 Å². The summed E-state index contributed by atoms with van der Waals surface area (Å²) in [5.74, 6) is -0.453. The summed E-state index contributed by atoms with van der Waals surface area (Å²) in [6.45, 7) is 0. The van der Waals surface area contributed by atoms with Gasteiger partial charge in [0.15, 0.2) is 0 Å². The smallest absolute Gasteiger partial charge is 0.268 e. The number of benzene rings is 2. The van der Waals surface area contributed by atoms with Crippen LogP contribution < -0.4 is 0 Å². The lowest BCUT2D eigenvalue weighted by Gasteiger charge is -2.29. The van der Waals surface area contributed by atoms with Crippen LogP contribution in [0.1, 0.15) is 17.7 Å². The van der Waals surface area contributed by atoms with Crippen LogP contribution in [0.2, 0.25) is 0 Å². The predicted octanol–water partition coefficient (Wildman–Crippen LogP) is 4.20. The molecule has 4 rings (SSSR count). The Balaban J connectivity index is 1.98. The van der Waals surface area contributed by atoms with Gasteiger partial charge in [-0.3, -0.25) is 0 Å². The van der Waals surface area contributed by atoms with Crippen LogP contribution in [0.25, 0.3) is 10.9 Å². The van der Waals surface area contributed by atoms with Gasteiger partial charge in [0.1, 0.15) is 5.82 Å². The first-order valence-corrected chi connectivity index (χ1v) is 11.0. The van der Waals surface area contributed by atoms with Gasteiger partial charge < -0.3 is 4.90 Å². The molecule has 4 nitrogen and oxygen atoms in total. The Bertz CT molecular complexity index is 1120. The van der Waals surface area contributed by atoms with Crippen molar-refractivity contribution in [3.63, 3.8) is 0 Å². The number of nitrogens with zero attached hydrogens (tertiary/aromatic N) is 2. The Morgan fingerprint density at radius 3 is 2.52 bits per heavy atom. The van der Waals surface area contributed by atoms with E-state index in [1.807, 2.05) is 18.2 Å². The third kappa shape index (κ3) is 3.11. The Kier molecular flexibility index (Phi) is 4.64. The van der Waals surface area contributed by atoms with Crippen molar-refractivity contribution in [2.24, 2.45) is 0 Å². The molecular weight excluding hydrogens is 431 g/mol. The summed E-state index contributed by atoms with van der Waals surface area (Å²) in [5, 5.41) is 0.955. The van der Waals surface area contributed by atoms with Crippen molar-refractivity contribution in [2.45, 2.75) is 30.2 Å². The zero-order chi connectivity index (χ0) is 19.3. The quantitative estimate of drug-likeness (QED) is 0.600. The van der Waals surface area contributed by atoms with Crippen LogP contribution in [0.5, 0.6) is 0 Å². The van der Waals surface area contributed by atoms with Crippen LogP contribution >= 0.6 is 15.9 Å². The molecule has 1 heterocycles. The second-order valence-electron chi connectivity index (χ2n) is 7.17. The lowest BCUT2D eigenvalue weighted by molar-refractivity contribution is 0.267. The lowest BCUT2D eigenvalue weighted by atomic mass is 9.91. The monoisotopic (exact) mass is 450 g/mol. The second-order valence-corrected chi connectivity index (χ2v) is 9.87. The number of rotatable bonds is 3. The van der Waals surface area contributed by atoms with Crippen molar-refractivity contribution < 1.29 is 12.8 Å². The van der Waals surface area contributed by atoms with Gasteiger partial charge in [0.25, 0.3) is 10.0 Å². The number of halogens is 2. The van der Waals surface area contributed by atoms with Crippen LogP contribution in [0.3, 0.4) is 0 Å². The van der Waals surface area contributed by atoms with Crippen molar-refractivity contribution in [1.29, 1.82) is 0 Å². The molecule has 1 aliphatic rings. The molecule has 0 saturated heterocycles. The Labute approximate surface area is 166 Å². The van der Waals surface area contributed by atoms with Gasteiger partial charge in [-0.05, 0) is 81.4 Å². The number of hydrogen-bond acceptors (Lipinski definition) is 3. The zero-order valence-corrected chi connectivity index (χ0v) is 17.5. The van der Waals surface area contributed by atoms with E-state index in [0.717, 1.165) is 34.0 Å². The summed E-state index contributed by atoms with van der Waals surface area (Å²) >= 11 is 3.51. The van der Waals surface area contributed by atoms with Crippen LogP contribution in [0.15, 0.2) is 51.8 Å². The number of hydrogen-bond donors (Lipinski definition) is 0. The molecule has 0 amide bonds. The molecule has 0 bridgehead atoms. The minimum atomic E-state index is -3.81. The Morgan fingerprint density at radius 2 is 1.85 bits per heavy atom. The normalized spacial score (nSPS) is 17.4. The summed E-state index contributed by atoms with van der Waals surface area (Å²) in [6.07, 6.45) is 2.39. The maximum absolute atomic E-state index is 13.4. The van der Waals surface area contributed by atoms with Crippen molar-refractivity contribution in [1.82, 2.24) is 8.87 Å². The molecule has 2 aromatic carbocycles. The van der Waals surface area contributed by atoms with Gasteiger partial charge in [-0.2, -0.15) is 0 Å².